The Kier molecular flexibility index (Phi) is 5.17. The number of anilines is 1. The summed E-state index contributed by atoms with van der Waals surface area (Å²) in [5, 5.41) is 5.04. The fourth-order valence-corrected chi connectivity index (χ4v) is 3.11. The van der Waals surface area contributed by atoms with E-state index >= 15 is 0 Å². The van der Waals surface area contributed by atoms with Crippen LogP contribution in [0.4, 0.5) is 9.52 Å². The van der Waals surface area contributed by atoms with Gasteiger partial charge in [0.1, 0.15) is 5.82 Å². The molecule has 0 saturated carbocycles. The summed E-state index contributed by atoms with van der Waals surface area (Å²) >= 11 is 1.35. The Bertz CT molecular complexity index is 723. The zero-order valence-electron chi connectivity index (χ0n) is 12.9. The summed E-state index contributed by atoms with van der Waals surface area (Å²) in [6, 6.07) is 6.24. The second-order valence-electron chi connectivity index (χ2n) is 5.54. The van der Waals surface area contributed by atoms with Gasteiger partial charge in [0.25, 0.3) is 0 Å². The molecule has 0 unspecified atom stereocenters. The molecule has 24 heavy (non-hydrogen) atoms. The second-order valence-corrected chi connectivity index (χ2v) is 6.44. The lowest BCUT2D eigenvalue weighted by Crippen LogP contribution is -2.51. The number of amides is 2. The highest BCUT2D eigenvalue weighted by Gasteiger charge is 2.25. The van der Waals surface area contributed by atoms with Crippen LogP contribution in [0.25, 0.3) is 0 Å². The molecule has 1 aromatic carbocycles. The molecule has 1 fully saturated rings. The van der Waals surface area contributed by atoms with Gasteiger partial charge in [0.05, 0.1) is 13.1 Å². The Balaban J connectivity index is 1.49. The number of nitrogens with zero attached hydrogens (tertiary/aromatic N) is 3. The number of benzene rings is 1. The number of aromatic nitrogens is 1. The molecule has 0 spiro atoms. The molecule has 0 radical (unpaired) electrons. The molecule has 8 heteroatoms. The van der Waals surface area contributed by atoms with Gasteiger partial charge in [0.2, 0.25) is 11.8 Å². The van der Waals surface area contributed by atoms with E-state index in [1.807, 2.05) is 0 Å². The molecule has 2 heterocycles. The highest BCUT2D eigenvalue weighted by atomic mass is 32.1. The molecule has 1 aromatic heterocycles. The van der Waals surface area contributed by atoms with Gasteiger partial charge in [-0.25, -0.2) is 9.37 Å². The van der Waals surface area contributed by atoms with Crippen molar-refractivity contribution in [3.8, 4) is 0 Å². The SMILES string of the molecule is O=C(CN1CCN(Cc2cccc(F)c2)C(=O)C1)Nc1nccs1. The summed E-state index contributed by atoms with van der Waals surface area (Å²) in [6.45, 7) is 1.84. The molecule has 0 bridgehead atoms. The van der Waals surface area contributed by atoms with Gasteiger partial charge in [-0.1, -0.05) is 12.1 Å². The van der Waals surface area contributed by atoms with Crippen LogP contribution in [0.5, 0.6) is 0 Å². The highest BCUT2D eigenvalue weighted by Crippen LogP contribution is 2.12. The average Bonchev–Trinajstić information content (AvgIpc) is 3.03. The van der Waals surface area contributed by atoms with Crippen LogP contribution in [0.2, 0.25) is 0 Å². The van der Waals surface area contributed by atoms with Crippen LogP contribution < -0.4 is 5.32 Å². The summed E-state index contributed by atoms with van der Waals surface area (Å²) < 4.78 is 13.2. The summed E-state index contributed by atoms with van der Waals surface area (Å²) in [7, 11) is 0. The van der Waals surface area contributed by atoms with Crippen LogP contribution in [-0.4, -0.2) is 52.8 Å². The van der Waals surface area contributed by atoms with E-state index in [2.05, 4.69) is 10.3 Å². The van der Waals surface area contributed by atoms with Crippen molar-refractivity contribution in [3.05, 3.63) is 47.2 Å². The molecule has 0 aliphatic carbocycles. The van der Waals surface area contributed by atoms with E-state index in [0.29, 0.717) is 24.8 Å². The van der Waals surface area contributed by atoms with Crippen molar-refractivity contribution >= 4 is 28.3 Å². The zero-order chi connectivity index (χ0) is 16.9. The first-order valence-corrected chi connectivity index (χ1v) is 8.42. The van der Waals surface area contributed by atoms with Crippen LogP contribution in [0.3, 0.4) is 0 Å². The lowest BCUT2D eigenvalue weighted by Gasteiger charge is -2.33. The van der Waals surface area contributed by atoms with Crippen LogP contribution in [-0.2, 0) is 16.1 Å². The Morgan fingerprint density at radius 3 is 2.96 bits per heavy atom. The number of halogens is 1. The molecule has 2 aromatic rings. The van der Waals surface area contributed by atoms with Gasteiger partial charge in [0.15, 0.2) is 5.13 Å². The van der Waals surface area contributed by atoms with Crippen molar-refractivity contribution in [2.45, 2.75) is 6.54 Å². The van der Waals surface area contributed by atoms with E-state index in [9.17, 15) is 14.0 Å². The standard InChI is InChI=1S/C16H17FN4O2S/c17-13-3-1-2-12(8-13)9-21-6-5-20(11-15(21)23)10-14(22)19-16-18-4-7-24-16/h1-4,7-8H,5-6,9-11H2,(H,18,19,22). The van der Waals surface area contributed by atoms with Crippen molar-refractivity contribution in [2.24, 2.45) is 0 Å². The summed E-state index contributed by atoms with van der Waals surface area (Å²) in [6.07, 6.45) is 1.62. The molecule has 2 amide bonds. The first-order valence-electron chi connectivity index (χ1n) is 7.54. The Hall–Kier alpha value is -2.32. The minimum Gasteiger partial charge on any atom is -0.336 e. The lowest BCUT2D eigenvalue weighted by atomic mass is 10.2. The number of carbonyl (C=O) groups excluding carboxylic acids is 2. The van der Waals surface area contributed by atoms with E-state index in [1.165, 1.54) is 23.5 Å². The van der Waals surface area contributed by atoms with Crippen molar-refractivity contribution in [1.82, 2.24) is 14.8 Å². The largest absolute Gasteiger partial charge is 0.336 e. The van der Waals surface area contributed by atoms with Crippen molar-refractivity contribution in [1.29, 1.82) is 0 Å². The molecule has 6 nitrogen and oxygen atoms in total. The third-order valence-electron chi connectivity index (χ3n) is 3.71. The van der Waals surface area contributed by atoms with Crippen LogP contribution >= 0.6 is 11.3 Å². The van der Waals surface area contributed by atoms with E-state index in [0.717, 1.165) is 5.56 Å². The van der Waals surface area contributed by atoms with Crippen LogP contribution in [0, 0.1) is 5.82 Å². The van der Waals surface area contributed by atoms with Gasteiger partial charge >= 0.3 is 0 Å². The number of carbonyl (C=O) groups is 2. The molecular formula is C16H17FN4O2S. The maximum atomic E-state index is 13.2. The quantitative estimate of drug-likeness (QED) is 0.891. The Labute approximate surface area is 142 Å². The molecule has 1 aliphatic rings. The average molecular weight is 348 g/mol. The molecule has 1 N–H and O–H groups in total. The highest BCUT2D eigenvalue weighted by molar-refractivity contribution is 7.13. The zero-order valence-corrected chi connectivity index (χ0v) is 13.8. The molecular weight excluding hydrogens is 331 g/mol. The Morgan fingerprint density at radius 2 is 2.25 bits per heavy atom. The first kappa shape index (κ1) is 16.5. The second kappa shape index (κ2) is 7.50. The van der Waals surface area contributed by atoms with Gasteiger partial charge in [-0.15, -0.1) is 11.3 Å². The van der Waals surface area contributed by atoms with Crippen LogP contribution in [0.1, 0.15) is 5.56 Å². The maximum absolute atomic E-state index is 13.2. The van der Waals surface area contributed by atoms with E-state index in [-0.39, 0.29) is 30.7 Å². The normalized spacial score (nSPS) is 15.5. The Morgan fingerprint density at radius 1 is 1.38 bits per heavy atom. The predicted octanol–water partition coefficient (Wildman–Crippen LogP) is 1.57. The van der Waals surface area contributed by atoms with Gasteiger partial charge < -0.3 is 10.2 Å². The monoisotopic (exact) mass is 348 g/mol. The summed E-state index contributed by atoms with van der Waals surface area (Å²) in [4.78, 5) is 31.7. The van der Waals surface area contributed by atoms with E-state index in [1.54, 1.807) is 33.5 Å². The molecule has 1 saturated heterocycles. The number of nitrogens with one attached hydrogen (secondary N) is 1. The molecule has 0 atom stereocenters. The topological polar surface area (TPSA) is 65.5 Å². The van der Waals surface area contributed by atoms with Gasteiger partial charge in [-0.3, -0.25) is 14.5 Å². The van der Waals surface area contributed by atoms with Crippen LogP contribution in [0.15, 0.2) is 35.8 Å². The summed E-state index contributed by atoms with van der Waals surface area (Å²) in [5.41, 5.74) is 0.762. The number of thiazole rings is 1. The number of rotatable bonds is 5. The third kappa shape index (κ3) is 4.36. The lowest BCUT2D eigenvalue weighted by molar-refractivity contribution is -0.137. The molecule has 3 rings (SSSR count). The smallest absolute Gasteiger partial charge is 0.240 e. The number of hydrogen-bond acceptors (Lipinski definition) is 5. The predicted molar refractivity (Wildman–Crippen MR) is 89.0 cm³/mol. The van der Waals surface area contributed by atoms with Crippen molar-refractivity contribution in [3.63, 3.8) is 0 Å². The van der Waals surface area contributed by atoms with E-state index < -0.39 is 0 Å². The van der Waals surface area contributed by atoms with Crippen molar-refractivity contribution < 1.29 is 14.0 Å². The van der Waals surface area contributed by atoms with Gasteiger partial charge in [-0.2, -0.15) is 0 Å². The number of hydrogen-bond donors (Lipinski definition) is 1. The van der Waals surface area contributed by atoms with E-state index in [4.69, 9.17) is 0 Å². The van der Waals surface area contributed by atoms with Gasteiger partial charge in [0, 0.05) is 31.2 Å². The minimum atomic E-state index is -0.308. The minimum absolute atomic E-state index is 0.0624. The summed E-state index contributed by atoms with van der Waals surface area (Å²) in [5.74, 6) is -0.554. The number of piperazine rings is 1. The molecule has 1 aliphatic heterocycles. The fraction of sp³-hybridized carbons (Fsp3) is 0.312. The maximum Gasteiger partial charge on any atom is 0.240 e. The first-order chi connectivity index (χ1) is 11.6. The fourth-order valence-electron chi connectivity index (χ4n) is 2.56. The van der Waals surface area contributed by atoms with Gasteiger partial charge in [-0.05, 0) is 17.7 Å². The third-order valence-corrected chi connectivity index (χ3v) is 4.39. The molecule has 126 valence electrons. The van der Waals surface area contributed by atoms with Crippen molar-refractivity contribution in [2.75, 3.05) is 31.5 Å².